The zero-order valence-corrected chi connectivity index (χ0v) is 13.2. The van der Waals surface area contributed by atoms with Crippen molar-refractivity contribution in [3.05, 3.63) is 34.2 Å². The highest BCUT2D eigenvalue weighted by atomic mass is 32.2. The number of sulfonamides is 1. The largest absolute Gasteiger partial charge is 0.323 e. The van der Waals surface area contributed by atoms with E-state index in [1.165, 1.54) is 0 Å². The van der Waals surface area contributed by atoms with Gasteiger partial charge in [0.05, 0.1) is 16.3 Å². The van der Waals surface area contributed by atoms with Gasteiger partial charge in [-0.3, -0.25) is 0 Å². The Bertz CT molecular complexity index is 820. The second-order valence-corrected chi connectivity index (χ2v) is 7.88. The minimum atomic E-state index is -3.13. The lowest BCUT2D eigenvalue weighted by atomic mass is 10.2. The fraction of sp³-hybridized carbons (Fsp3) is 0.500. The molecule has 8 heteroatoms. The molecule has 7 nitrogen and oxygen atoms in total. The Morgan fingerprint density at radius 2 is 2.00 bits per heavy atom. The molecule has 1 heterocycles. The molecule has 1 saturated carbocycles. The van der Waals surface area contributed by atoms with Gasteiger partial charge >= 0.3 is 5.69 Å². The van der Waals surface area contributed by atoms with E-state index in [0.29, 0.717) is 13.1 Å². The summed E-state index contributed by atoms with van der Waals surface area (Å²) in [4.78, 5) is 16.6. The van der Waals surface area contributed by atoms with E-state index in [-0.39, 0.29) is 17.0 Å². The minimum Gasteiger partial charge on any atom is -0.309 e. The van der Waals surface area contributed by atoms with Crippen LogP contribution in [0.2, 0.25) is 0 Å². The molecule has 0 bridgehead atoms. The van der Waals surface area contributed by atoms with Crippen molar-refractivity contribution in [2.45, 2.75) is 37.6 Å². The van der Waals surface area contributed by atoms with Crippen molar-refractivity contribution < 1.29 is 8.42 Å². The first-order chi connectivity index (χ1) is 10.4. The van der Waals surface area contributed by atoms with Crippen LogP contribution in [-0.2, 0) is 16.6 Å². The van der Waals surface area contributed by atoms with E-state index in [9.17, 15) is 13.2 Å². The zero-order valence-electron chi connectivity index (χ0n) is 12.3. The lowest BCUT2D eigenvalue weighted by molar-refractivity contribution is 0.524. The minimum absolute atomic E-state index is 0.0227. The number of imidazole rings is 1. The molecule has 1 aliphatic carbocycles. The number of H-pyrrole nitrogens is 2. The molecule has 0 amide bonds. The third-order valence-electron chi connectivity index (χ3n) is 3.79. The van der Waals surface area contributed by atoms with Crippen LogP contribution in [0.1, 0.15) is 25.3 Å². The summed E-state index contributed by atoms with van der Waals surface area (Å²) in [6.07, 6.45) is 1.54. The molecule has 3 rings (SSSR count). The molecule has 4 N–H and O–H groups in total. The van der Waals surface area contributed by atoms with Crippen molar-refractivity contribution in [3.8, 4) is 0 Å². The Hall–Kier alpha value is -1.64. The molecule has 0 aliphatic heterocycles. The van der Waals surface area contributed by atoms with E-state index in [4.69, 9.17) is 0 Å². The highest BCUT2D eigenvalue weighted by molar-refractivity contribution is 7.90. The number of hydrogen-bond donors (Lipinski definition) is 4. The van der Waals surface area contributed by atoms with E-state index in [2.05, 4.69) is 20.0 Å². The molecule has 0 spiro atoms. The molecule has 1 aromatic carbocycles. The number of rotatable bonds is 7. The molecule has 0 unspecified atom stereocenters. The molecule has 1 atom stereocenters. The predicted octanol–water partition coefficient (Wildman–Crippen LogP) is 0.416. The highest BCUT2D eigenvalue weighted by Crippen LogP contribution is 2.27. The molecule has 0 saturated heterocycles. The topological polar surface area (TPSA) is 107 Å². The average Bonchev–Trinajstić information content (AvgIpc) is 3.25. The molecule has 2 aromatic rings. The Morgan fingerprint density at radius 3 is 2.73 bits per heavy atom. The van der Waals surface area contributed by atoms with Gasteiger partial charge < -0.3 is 15.3 Å². The van der Waals surface area contributed by atoms with Crippen LogP contribution in [0.4, 0.5) is 0 Å². The van der Waals surface area contributed by atoms with Crippen LogP contribution in [0, 0.1) is 0 Å². The molecule has 120 valence electrons. The number of aromatic nitrogens is 2. The average molecular weight is 324 g/mol. The van der Waals surface area contributed by atoms with Crippen LogP contribution >= 0.6 is 0 Å². The van der Waals surface area contributed by atoms with Crippen LogP contribution in [0.15, 0.2) is 23.0 Å². The van der Waals surface area contributed by atoms with Crippen molar-refractivity contribution in [1.29, 1.82) is 0 Å². The normalized spacial score (nSPS) is 17.0. The first-order valence-corrected chi connectivity index (χ1v) is 8.91. The summed E-state index contributed by atoms with van der Waals surface area (Å²) >= 11 is 0. The molecular weight excluding hydrogens is 304 g/mol. The van der Waals surface area contributed by atoms with Crippen LogP contribution in [0.5, 0.6) is 0 Å². The Balaban J connectivity index is 1.53. The van der Waals surface area contributed by atoms with Gasteiger partial charge in [0.1, 0.15) is 0 Å². The number of nitrogens with one attached hydrogen (secondary N) is 4. The molecule has 1 aromatic heterocycles. The van der Waals surface area contributed by atoms with Gasteiger partial charge in [0.15, 0.2) is 0 Å². The fourth-order valence-electron chi connectivity index (χ4n) is 2.29. The Morgan fingerprint density at radius 1 is 1.27 bits per heavy atom. The predicted molar refractivity (Wildman–Crippen MR) is 85.2 cm³/mol. The maximum absolute atomic E-state index is 11.7. The van der Waals surface area contributed by atoms with Crippen molar-refractivity contribution >= 4 is 21.1 Å². The van der Waals surface area contributed by atoms with Crippen molar-refractivity contribution in [1.82, 2.24) is 20.0 Å². The molecule has 0 radical (unpaired) electrons. The van der Waals surface area contributed by atoms with Gasteiger partial charge in [0, 0.05) is 19.1 Å². The van der Waals surface area contributed by atoms with E-state index in [0.717, 1.165) is 29.4 Å². The first-order valence-electron chi connectivity index (χ1n) is 7.37. The van der Waals surface area contributed by atoms with E-state index in [1.807, 2.05) is 25.1 Å². The third-order valence-corrected chi connectivity index (χ3v) is 5.71. The molecule has 1 aliphatic rings. The lowest BCUT2D eigenvalue weighted by Gasteiger charge is -2.15. The van der Waals surface area contributed by atoms with Gasteiger partial charge in [-0.1, -0.05) is 6.07 Å². The monoisotopic (exact) mass is 324 g/mol. The summed E-state index contributed by atoms with van der Waals surface area (Å²) < 4.78 is 26.1. The fourth-order valence-corrected chi connectivity index (χ4v) is 3.77. The Labute approximate surface area is 128 Å². The SMILES string of the molecule is C[C@@H](CNS(=O)(=O)C1CC1)NCc1ccc2[nH]c(=O)[nH]c2c1. The first kappa shape index (κ1) is 15.3. The number of fused-ring (bicyclic) bond motifs is 1. The third kappa shape index (κ3) is 3.57. The van der Waals surface area contributed by atoms with E-state index >= 15 is 0 Å². The summed E-state index contributed by atoms with van der Waals surface area (Å²) in [5, 5.41) is 3.09. The highest BCUT2D eigenvalue weighted by Gasteiger charge is 2.35. The number of hydrogen-bond acceptors (Lipinski definition) is 4. The van der Waals surface area contributed by atoms with Gasteiger partial charge in [0.25, 0.3) is 0 Å². The maximum atomic E-state index is 11.7. The lowest BCUT2D eigenvalue weighted by Crippen LogP contribution is -2.39. The number of benzene rings is 1. The summed E-state index contributed by atoms with van der Waals surface area (Å²) in [5.74, 6) is 0. The second kappa shape index (κ2) is 5.86. The molecule has 22 heavy (non-hydrogen) atoms. The zero-order chi connectivity index (χ0) is 15.7. The van der Waals surface area contributed by atoms with Crippen LogP contribution in [0.3, 0.4) is 0 Å². The quantitative estimate of drug-likeness (QED) is 0.592. The summed E-state index contributed by atoms with van der Waals surface area (Å²) in [7, 11) is -3.13. The summed E-state index contributed by atoms with van der Waals surface area (Å²) in [6.45, 7) is 2.92. The van der Waals surface area contributed by atoms with Crippen molar-refractivity contribution in [3.63, 3.8) is 0 Å². The van der Waals surface area contributed by atoms with Gasteiger partial charge in [0.2, 0.25) is 10.0 Å². The van der Waals surface area contributed by atoms with E-state index < -0.39 is 10.0 Å². The maximum Gasteiger partial charge on any atom is 0.323 e. The summed E-state index contributed by atoms with van der Waals surface area (Å²) in [6, 6.07) is 5.71. The van der Waals surface area contributed by atoms with Gasteiger partial charge in [-0.25, -0.2) is 17.9 Å². The van der Waals surface area contributed by atoms with Crippen LogP contribution < -0.4 is 15.7 Å². The molecule has 1 fully saturated rings. The standard InChI is InChI=1S/C14H20N4O3S/c1-9(7-16-22(20,21)11-3-4-11)15-8-10-2-5-12-13(6-10)18-14(19)17-12/h2,5-6,9,11,15-16H,3-4,7-8H2,1H3,(H2,17,18,19)/t9-/m0/s1. The van der Waals surface area contributed by atoms with Crippen LogP contribution in [0.25, 0.3) is 11.0 Å². The van der Waals surface area contributed by atoms with Gasteiger partial charge in [-0.2, -0.15) is 0 Å². The summed E-state index contributed by atoms with van der Waals surface area (Å²) in [5.41, 5.74) is 2.35. The van der Waals surface area contributed by atoms with Gasteiger partial charge in [-0.15, -0.1) is 0 Å². The number of aromatic amines is 2. The van der Waals surface area contributed by atoms with Crippen molar-refractivity contribution in [2.75, 3.05) is 6.54 Å². The Kier molecular flexibility index (Phi) is 4.07. The smallest absolute Gasteiger partial charge is 0.309 e. The molecular formula is C14H20N4O3S. The second-order valence-electron chi connectivity index (χ2n) is 5.83. The van der Waals surface area contributed by atoms with Gasteiger partial charge in [-0.05, 0) is 37.5 Å². The van der Waals surface area contributed by atoms with Crippen molar-refractivity contribution in [2.24, 2.45) is 0 Å². The van der Waals surface area contributed by atoms with Crippen LogP contribution in [-0.4, -0.2) is 36.2 Å². The van der Waals surface area contributed by atoms with E-state index in [1.54, 1.807) is 0 Å².